The van der Waals surface area contributed by atoms with Crippen LogP contribution >= 0.6 is 0 Å². The number of fused-ring (bicyclic) bond motifs is 2. The van der Waals surface area contributed by atoms with Gasteiger partial charge in [0.2, 0.25) is 6.33 Å². The zero-order chi connectivity index (χ0) is 13.0. The van der Waals surface area contributed by atoms with E-state index < -0.39 is 0 Å². The van der Waals surface area contributed by atoms with Gasteiger partial charge in [0.25, 0.3) is 0 Å². The fourth-order valence-electron chi connectivity index (χ4n) is 2.64. The Bertz CT molecular complexity index is 787. The highest BCUT2D eigenvalue weighted by molar-refractivity contribution is 5.81. The van der Waals surface area contributed by atoms with Gasteiger partial charge in [0, 0.05) is 0 Å². The molecule has 1 aliphatic heterocycles. The van der Waals surface area contributed by atoms with Crippen molar-refractivity contribution in [2.75, 3.05) is 0 Å². The summed E-state index contributed by atoms with van der Waals surface area (Å²) in [7, 11) is 0. The van der Waals surface area contributed by atoms with Gasteiger partial charge in [0.1, 0.15) is 11.5 Å². The van der Waals surface area contributed by atoms with Gasteiger partial charge in [-0.2, -0.15) is 0 Å². The molecular weight excluding hydrogens is 236 g/mol. The molecule has 94 valence electrons. The third kappa shape index (κ3) is 1.35. The van der Waals surface area contributed by atoms with Gasteiger partial charge >= 0.3 is 0 Å². The van der Waals surface area contributed by atoms with Crippen LogP contribution in [0.15, 0.2) is 42.5 Å². The second-order valence-corrected chi connectivity index (χ2v) is 5.09. The minimum absolute atomic E-state index is 0.365. The fraction of sp³-hybridized carbons (Fsp3) is 0.188. The largest absolute Gasteiger partial charge is 0.469 e. The zero-order valence-corrected chi connectivity index (χ0v) is 10.9. The SMILES string of the molecule is CC(C)n1[c-][n+]2c3c(cccc31)Oc1ccccc1-2. The normalized spacial score (nSPS) is 12.6. The van der Waals surface area contributed by atoms with E-state index in [1.165, 1.54) is 0 Å². The minimum atomic E-state index is 0.365. The number of para-hydroxylation sites is 3. The molecule has 3 aromatic rings. The van der Waals surface area contributed by atoms with Crippen LogP contribution in [0, 0.1) is 6.33 Å². The van der Waals surface area contributed by atoms with Gasteiger partial charge in [-0.3, -0.25) is 0 Å². The predicted octanol–water partition coefficient (Wildman–Crippen LogP) is 3.40. The van der Waals surface area contributed by atoms with Crippen LogP contribution in [-0.2, 0) is 0 Å². The Labute approximate surface area is 111 Å². The highest BCUT2D eigenvalue weighted by Crippen LogP contribution is 2.36. The Kier molecular flexibility index (Phi) is 2.01. The number of benzene rings is 2. The maximum Gasteiger partial charge on any atom is 0.244 e. The molecule has 0 bridgehead atoms. The standard InChI is InChI=1S/C16H14N2O/c1-11(2)17-10-18-12-6-3-4-8-14(12)19-15-9-5-7-13(17)16(15)18/h3-9,11H,1-2H3. The van der Waals surface area contributed by atoms with Gasteiger partial charge in [-0.25, -0.2) is 0 Å². The van der Waals surface area contributed by atoms with E-state index in [2.05, 4.69) is 41.4 Å². The number of aromatic nitrogens is 2. The molecule has 1 aromatic heterocycles. The molecule has 0 radical (unpaired) electrons. The van der Waals surface area contributed by atoms with Crippen molar-refractivity contribution >= 4 is 11.0 Å². The van der Waals surface area contributed by atoms with Crippen molar-refractivity contribution in [2.45, 2.75) is 19.9 Å². The maximum absolute atomic E-state index is 5.99. The zero-order valence-electron chi connectivity index (χ0n) is 10.9. The van der Waals surface area contributed by atoms with Gasteiger partial charge in [0.15, 0.2) is 0 Å². The molecule has 1 aliphatic rings. The van der Waals surface area contributed by atoms with Crippen LogP contribution < -0.4 is 9.30 Å². The lowest BCUT2D eigenvalue weighted by atomic mass is 10.2. The molecule has 0 atom stereocenters. The summed E-state index contributed by atoms with van der Waals surface area (Å²) in [5, 5.41) is 0. The van der Waals surface area contributed by atoms with E-state index in [-0.39, 0.29) is 0 Å². The fourth-order valence-corrected chi connectivity index (χ4v) is 2.64. The molecule has 3 heteroatoms. The highest BCUT2D eigenvalue weighted by atomic mass is 16.5. The van der Waals surface area contributed by atoms with E-state index in [1.807, 2.05) is 30.3 Å². The van der Waals surface area contributed by atoms with Crippen molar-refractivity contribution in [1.29, 1.82) is 0 Å². The van der Waals surface area contributed by atoms with Crippen LogP contribution in [0.1, 0.15) is 19.9 Å². The molecule has 0 amide bonds. The van der Waals surface area contributed by atoms with Crippen LogP contribution in [0.3, 0.4) is 0 Å². The molecule has 3 nitrogen and oxygen atoms in total. The molecule has 0 unspecified atom stereocenters. The van der Waals surface area contributed by atoms with Crippen LogP contribution in [0.4, 0.5) is 0 Å². The van der Waals surface area contributed by atoms with Crippen LogP contribution in [0.25, 0.3) is 16.7 Å². The summed E-state index contributed by atoms with van der Waals surface area (Å²) in [6.45, 7) is 4.33. The summed E-state index contributed by atoms with van der Waals surface area (Å²) in [6.07, 6.45) is 3.44. The first-order chi connectivity index (χ1) is 9.25. The van der Waals surface area contributed by atoms with Gasteiger partial charge in [-0.15, -0.1) is 0 Å². The second kappa shape index (κ2) is 3.60. The van der Waals surface area contributed by atoms with Crippen LogP contribution in [0.2, 0.25) is 0 Å². The van der Waals surface area contributed by atoms with Crippen molar-refractivity contribution in [3.63, 3.8) is 0 Å². The third-order valence-corrected chi connectivity index (χ3v) is 3.51. The number of hydrogen-bond donors (Lipinski definition) is 0. The summed E-state index contributed by atoms with van der Waals surface area (Å²) in [4.78, 5) is 0. The number of nitrogens with zero attached hydrogens (tertiary/aromatic N) is 2. The molecule has 2 aromatic carbocycles. The van der Waals surface area contributed by atoms with Crippen molar-refractivity contribution in [1.82, 2.24) is 4.57 Å². The maximum atomic E-state index is 5.99. The van der Waals surface area contributed by atoms with Crippen LogP contribution in [0.5, 0.6) is 11.5 Å². The van der Waals surface area contributed by atoms with Gasteiger partial charge in [-0.1, -0.05) is 30.3 Å². The summed E-state index contributed by atoms with van der Waals surface area (Å²) in [5.41, 5.74) is 3.29. The average molecular weight is 250 g/mol. The Morgan fingerprint density at radius 2 is 1.84 bits per heavy atom. The molecule has 19 heavy (non-hydrogen) atoms. The van der Waals surface area contributed by atoms with Gasteiger partial charge in [0.05, 0.1) is 22.8 Å². The monoisotopic (exact) mass is 250 g/mol. The summed E-state index contributed by atoms with van der Waals surface area (Å²) in [6, 6.07) is 14.6. The predicted molar refractivity (Wildman–Crippen MR) is 72.8 cm³/mol. The highest BCUT2D eigenvalue weighted by Gasteiger charge is 2.21. The van der Waals surface area contributed by atoms with Crippen molar-refractivity contribution in [3.05, 3.63) is 48.8 Å². The molecule has 2 heterocycles. The smallest absolute Gasteiger partial charge is 0.244 e. The van der Waals surface area contributed by atoms with Crippen LogP contribution in [-0.4, -0.2) is 4.57 Å². The van der Waals surface area contributed by atoms with E-state index in [4.69, 9.17) is 4.74 Å². The Morgan fingerprint density at radius 3 is 2.68 bits per heavy atom. The molecule has 0 saturated heterocycles. The molecule has 0 N–H and O–H groups in total. The molecule has 0 fully saturated rings. The summed E-state index contributed by atoms with van der Waals surface area (Å²) < 4.78 is 10.2. The van der Waals surface area contributed by atoms with E-state index in [1.54, 1.807) is 0 Å². The summed E-state index contributed by atoms with van der Waals surface area (Å²) >= 11 is 0. The number of rotatable bonds is 1. The van der Waals surface area contributed by atoms with Crippen molar-refractivity contribution < 1.29 is 9.30 Å². The molecular formula is C16H14N2O. The summed E-state index contributed by atoms with van der Waals surface area (Å²) in [5.74, 6) is 1.78. The van der Waals surface area contributed by atoms with E-state index in [9.17, 15) is 0 Å². The Balaban J connectivity index is 2.15. The van der Waals surface area contributed by atoms with Crippen molar-refractivity contribution in [2.24, 2.45) is 0 Å². The number of ether oxygens (including phenoxy) is 1. The molecule has 4 rings (SSSR count). The van der Waals surface area contributed by atoms with E-state index >= 15 is 0 Å². The first-order valence-corrected chi connectivity index (χ1v) is 6.51. The Morgan fingerprint density at radius 1 is 1.05 bits per heavy atom. The van der Waals surface area contributed by atoms with E-state index in [0.29, 0.717) is 6.04 Å². The average Bonchev–Trinajstić information content (AvgIpc) is 2.81. The van der Waals surface area contributed by atoms with E-state index in [0.717, 1.165) is 28.2 Å². The van der Waals surface area contributed by atoms with Gasteiger partial charge < -0.3 is 13.9 Å². The molecule has 0 aliphatic carbocycles. The van der Waals surface area contributed by atoms with Crippen molar-refractivity contribution in [3.8, 4) is 17.2 Å². The topological polar surface area (TPSA) is 18.0 Å². The third-order valence-electron chi connectivity index (χ3n) is 3.51. The van der Waals surface area contributed by atoms with Gasteiger partial charge in [-0.05, 0) is 26.0 Å². The second-order valence-electron chi connectivity index (χ2n) is 5.09. The minimum Gasteiger partial charge on any atom is -0.469 e. The first-order valence-electron chi connectivity index (χ1n) is 6.51. The first kappa shape index (κ1) is 10.6. The number of hydrogen-bond acceptors (Lipinski definition) is 1. The lowest BCUT2D eigenvalue weighted by molar-refractivity contribution is -0.575. The Hall–Kier alpha value is -2.29. The number of imidazole rings is 1. The lowest BCUT2D eigenvalue weighted by Gasteiger charge is -2.20. The molecule has 0 spiro atoms. The quantitative estimate of drug-likeness (QED) is 0.374. The lowest BCUT2D eigenvalue weighted by Crippen LogP contribution is -2.32. The molecule has 0 saturated carbocycles.